The van der Waals surface area contributed by atoms with Crippen molar-refractivity contribution in [3.05, 3.63) is 41.0 Å². The third-order valence-electron chi connectivity index (χ3n) is 6.58. The molecule has 1 aliphatic carbocycles. The maximum Gasteiger partial charge on any atom is 0.387 e. The van der Waals surface area contributed by atoms with E-state index in [-0.39, 0.29) is 34.8 Å². The molecular formula is C27H36F2N4O3. The number of carbonyl (C=O) groups excluding carboxylic acids is 1. The lowest BCUT2D eigenvalue weighted by atomic mass is 9.79. The standard InChI is InChI=1S/C27H36F2N4O3/c1-6-22-32-23(24(34)31-16-27(35)11-9-17(2)10-12-27)20(15-30)33(22)19-8-7-18(14-26(3,4)5)13-21(19)36-25(28)29/h7-8,13,17,25,35H,6,9-12,14,16H2,1-5H3,(H,31,34). The second-order valence-electron chi connectivity index (χ2n) is 11.0. The quantitative estimate of drug-likeness (QED) is 0.519. The molecule has 1 heterocycles. The second-order valence-corrected chi connectivity index (χ2v) is 11.0. The van der Waals surface area contributed by atoms with Crippen molar-refractivity contribution in [3.63, 3.8) is 0 Å². The van der Waals surface area contributed by atoms with Crippen LogP contribution >= 0.6 is 0 Å². The number of aliphatic hydroxyl groups is 1. The van der Waals surface area contributed by atoms with Crippen molar-refractivity contribution in [2.45, 2.75) is 85.4 Å². The van der Waals surface area contributed by atoms with Gasteiger partial charge in [0.05, 0.1) is 11.3 Å². The van der Waals surface area contributed by atoms with Crippen LogP contribution in [0.3, 0.4) is 0 Å². The predicted molar refractivity (Wildman–Crippen MR) is 132 cm³/mol. The number of alkyl halides is 2. The molecule has 2 aromatic rings. The SMILES string of the molecule is CCc1nc(C(=O)NCC2(O)CCC(C)CC2)c(C#N)n1-c1ccc(CC(C)(C)C)cc1OC(F)F. The molecule has 1 saturated carbocycles. The molecule has 1 aliphatic rings. The zero-order chi connectivity index (χ0) is 26.7. The number of nitrogens with one attached hydrogen (secondary N) is 1. The first kappa shape index (κ1) is 27.6. The molecule has 0 radical (unpaired) electrons. The summed E-state index contributed by atoms with van der Waals surface area (Å²) in [6.07, 6.45) is 3.91. The minimum Gasteiger partial charge on any atom is -0.433 e. The number of hydrogen-bond acceptors (Lipinski definition) is 5. The second kappa shape index (κ2) is 11.0. The number of imidazole rings is 1. The van der Waals surface area contributed by atoms with Crippen LogP contribution in [0, 0.1) is 22.7 Å². The van der Waals surface area contributed by atoms with Gasteiger partial charge >= 0.3 is 6.61 Å². The average Bonchev–Trinajstić information content (AvgIpc) is 3.17. The number of carbonyl (C=O) groups is 1. The topological polar surface area (TPSA) is 100 Å². The first-order valence-corrected chi connectivity index (χ1v) is 12.5. The Morgan fingerprint density at radius 3 is 2.58 bits per heavy atom. The predicted octanol–water partition coefficient (Wildman–Crippen LogP) is 5.17. The van der Waals surface area contributed by atoms with E-state index in [1.807, 2.05) is 26.8 Å². The summed E-state index contributed by atoms with van der Waals surface area (Å²) in [5.41, 5.74) is -0.220. The maximum atomic E-state index is 13.3. The van der Waals surface area contributed by atoms with Crippen molar-refractivity contribution in [2.24, 2.45) is 11.3 Å². The summed E-state index contributed by atoms with van der Waals surface area (Å²) >= 11 is 0. The number of rotatable bonds is 8. The highest BCUT2D eigenvalue weighted by Crippen LogP contribution is 2.33. The van der Waals surface area contributed by atoms with Gasteiger partial charge in [0.2, 0.25) is 0 Å². The fourth-order valence-electron chi connectivity index (χ4n) is 4.69. The zero-order valence-electron chi connectivity index (χ0n) is 21.7. The molecule has 0 bridgehead atoms. The number of amides is 1. The van der Waals surface area contributed by atoms with Crippen LogP contribution < -0.4 is 10.1 Å². The van der Waals surface area contributed by atoms with E-state index in [4.69, 9.17) is 4.74 Å². The van der Waals surface area contributed by atoms with E-state index in [0.717, 1.165) is 18.4 Å². The number of hydrogen-bond donors (Lipinski definition) is 2. The fourth-order valence-corrected chi connectivity index (χ4v) is 4.69. The third kappa shape index (κ3) is 6.61. The van der Waals surface area contributed by atoms with Crippen molar-refractivity contribution in [3.8, 4) is 17.5 Å². The van der Waals surface area contributed by atoms with E-state index in [9.17, 15) is 23.9 Å². The number of aryl methyl sites for hydroxylation is 1. The highest BCUT2D eigenvalue weighted by atomic mass is 19.3. The van der Waals surface area contributed by atoms with Crippen LogP contribution in [-0.4, -0.2) is 39.3 Å². The Morgan fingerprint density at radius 2 is 2.03 bits per heavy atom. The molecule has 0 atom stereocenters. The molecule has 0 aliphatic heterocycles. The summed E-state index contributed by atoms with van der Waals surface area (Å²) in [4.78, 5) is 17.4. The number of nitriles is 1. The van der Waals surface area contributed by atoms with E-state index in [1.165, 1.54) is 4.57 Å². The Kier molecular flexibility index (Phi) is 8.40. The average molecular weight is 503 g/mol. The summed E-state index contributed by atoms with van der Waals surface area (Å²) in [6, 6.07) is 6.99. The van der Waals surface area contributed by atoms with Crippen molar-refractivity contribution < 1.29 is 23.4 Å². The highest BCUT2D eigenvalue weighted by molar-refractivity contribution is 5.94. The molecule has 0 spiro atoms. The molecule has 3 rings (SSSR count). The third-order valence-corrected chi connectivity index (χ3v) is 6.58. The van der Waals surface area contributed by atoms with Crippen molar-refractivity contribution in [1.29, 1.82) is 5.26 Å². The fraction of sp³-hybridized carbons (Fsp3) is 0.593. The molecular weight excluding hydrogens is 466 g/mol. The summed E-state index contributed by atoms with van der Waals surface area (Å²) in [6.45, 7) is 7.06. The lowest BCUT2D eigenvalue weighted by molar-refractivity contribution is -0.0499. The van der Waals surface area contributed by atoms with Crippen LogP contribution in [-0.2, 0) is 12.8 Å². The summed E-state index contributed by atoms with van der Waals surface area (Å²) in [5, 5.41) is 23.5. The largest absolute Gasteiger partial charge is 0.433 e. The highest BCUT2D eigenvalue weighted by Gasteiger charge is 2.33. The summed E-state index contributed by atoms with van der Waals surface area (Å²) in [5.74, 6) is 0.221. The van der Waals surface area contributed by atoms with E-state index in [0.29, 0.717) is 37.4 Å². The Morgan fingerprint density at radius 1 is 1.36 bits per heavy atom. The van der Waals surface area contributed by atoms with Gasteiger partial charge in [-0.3, -0.25) is 9.36 Å². The van der Waals surface area contributed by atoms with Gasteiger partial charge in [-0.05, 0) is 61.1 Å². The first-order chi connectivity index (χ1) is 16.9. The van der Waals surface area contributed by atoms with Gasteiger partial charge in [0.25, 0.3) is 5.91 Å². The maximum absolute atomic E-state index is 13.3. The van der Waals surface area contributed by atoms with Crippen molar-refractivity contribution in [2.75, 3.05) is 6.54 Å². The van der Waals surface area contributed by atoms with Crippen molar-refractivity contribution >= 4 is 5.91 Å². The van der Waals surface area contributed by atoms with Crippen LogP contribution in [0.4, 0.5) is 8.78 Å². The number of nitrogens with zero attached hydrogens (tertiary/aromatic N) is 3. The molecule has 36 heavy (non-hydrogen) atoms. The first-order valence-electron chi connectivity index (χ1n) is 12.5. The van der Waals surface area contributed by atoms with Gasteiger partial charge in [-0.2, -0.15) is 14.0 Å². The van der Waals surface area contributed by atoms with E-state index >= 15 is 0 Å². The molecule has 7 nitrogen and oxygen atoms in total. The molecule has 1 aromatic carbocycles. The van der Waals surface area contributed by atoms with Gasteiger partial charge < -0.3 is 15.2 Å². The number of benzene rings is 1. The Labute approximate surface area is 211 Å². The van der Waals surface area contributed by atoms with E-state index < -0.39 is 18.1 Å². The monoisotopic (exact) mass is 502 g/mol. The number of halogens is 2. The van der Waals surface area contributed by atoms with Gasteiger partial charge in [-0.15, -0.1) is 0 Å². The normalized spacial score (nSPS) is 20.3. The minimum absolute atomic E-state index is 0.0545. The van der Waals surface area contributed by atoms with Crippen LogP contribution in [0.2, 0.25) is 0 Å². The van der Waals surface area contributed by atoms with Gasteiger partial charge in [0.15, 0.2) is 11.4 Å². The Bertz CT molecular complexity index is 1120. The molecule has 2 N–H and O–H groups in total. The lowest BCUT2D eigenvalue weighted by Crippen LogP contribution is -2.45. The van der Waals surface area contributed by atoms with Gasteiger partial charge in [-0.25, -0.2) is 4.98 Å². The zero-order valence-corrected chi connectivity index (χ0v) is 21.7. The summed E-state index contributed by atoms with van der Waals surface area (Å²) < 4.78 is 32.9. The minimum atomic E-state index is -3.06. The molecule has 196 valence electrons. The van der Waals surface area contributed by atoms with Crippen LogP contribution in [0.1, 0.15) is 87.9 Å². The Balaban J connectivity index is 1.97. The van der Waals surface area contributed by atoms with Crippen LogP contribution in [0.25, 0.3) is 5.69 Å². The number of aromatic nitrogens is 2. The van der Waals surface area contributed by atoms with Crippen LogP contribution in [0.15, 0.2) is 18.2 Å². The van der Waals surface area contributed by atoms with Gasteiger partial charge in [0, 0.05) is 13.0 Å². The van der Waals surface area contributed by atoms with Gasteiger partial charge in [-0.1, -0.05) is 40.7 Å². The molecule has 1 amide bonds. The van der Waals surface area contributed by atoms with E-state index in [2.05, 4.69) is 17.2 Å². The van der Waals surface area contributed by atoms with Gasteiger partial charge in [0.1, 0.15) is 17.6 Å². The Hall–Kier alpha value is -2.99. The molecule has 1 aromatic heterocycles. The van der Waals surface area contributed by atoms with E-state index in [1.54, 1.807) is 25.1 Å². The molecule has 1 fully saturated rings. The smallest absolute Gasteiger partial charge is 0.387 e. The number of ether oxygens (including phenoxy) is 1. The molecule has 9 heteroatoms. The van der Waals surface area contributed by atoms with Crippen molar-refractivity contribution in [1.82, 2.24) is 14.9 Å². The summed E-state index contributed by atoms with van der Waals surface area (Å²) in [7, 11) is 0. The lowest BCUT2D eigenvalue weighted by Gasteiger charge is -2.34. The molecule has 0 unspecified atom stereocenters. The molecule has 0 saturated heterocycles. The van der Waals surface area contributed by atoms with Crippen LogP contribution in [0.5, 0.6) is 5.75 Å².